The number of hydrogen-bond donors (Lipinski definition) is 1. The topological polar surface area (TPSA) is 55.4 Å². The highest BCUT2D eigenvalue weighted by molar-refractivity contribution is 9.09. The summed E-state index contributed by atoms with van der Waals surface area (Å²) in [6.45, 7) is 1.65. The van der Waals surface area contributed by atoms with Crippen LogP contribution in [0.1, 0.15) is 18.9 Å². The fraction of sp³-hybridized carbons (Fsp3) is 0.385. The molecule has 0 aliphatic heterocycles. The fourth-order valence-electron chi connectivity index (χ4n) is 1.39. The lowest BCUT2D eigenvalue weighted by Crippen LogP contribution is -2.40. The lowest BCUT2D eigenvalue weighted by atomic mass is 10.1. The summed E-state index contributed by atoms with van der Waals surface area (Å²) in [4.78, 5) is 22.8. The summed E-state index contributed by atoms with van der Waals surface area (Å²) in [5, 5.41) is 3.20. The third kappa shape index (κ3) is 5.31. The Balaban J connectivity index is 2.39. The van der Waals surface area contributed by atoms with Gasteiger partial charge < -0.3 is 10.1 Å². The summed E-state index contributed by atoms with van der Waals surface area (Å²) in [5.74, 6) is -0.0777. The Morgan fingerprint density at radius 3 is 2.56 bits per heavy atom. The standard InChI is InChI=1S/C13H16BrNO3/c1-10(16)12(7-8-14)15-13(17)18-9-11-5-3-2-4-6-11/h2-6,12H,7-9H2,1H3,(H,15,17)/t12-/m0/s1. The normalized spacial score (nSPS) is 11.7. The van der Waals surface area contributed by atoms with Crippen molar-refractivity contribution in [3.05, 3.63) is 35.9 Å². The summed E-state index contributed by atoms with van der Waals surface area (Å²) in [5.41, 5.74) is 0.910. The van der Waals surface area contributed by atoms with E-state index in [0.29, 0.717) is 11.8 Å². The first-order valence-corrected chi connectivity index (χ1v) is 6.79. The Hall–Kier alpha value is -1.36. The summed E-state index contributed by atoms with van der Waals surface area (Å²) in [7, 11) is 0. The van der Waals surface area contributed by atoms with Crippen molar-refractivity contribution in [2.45, 2.75) is 26.0 Å². The Labute approximate surface area is 115 Å². The van der Waals surface area contributed by atoms with Crippen molar-refractivity contribution in [3.63, 3.8) is 0 Å². The third-order valence-electron chi connectivity index (χ3n) is 2.39. The highest BCUT2D eigenvalue weighted by Gasteiger charge is 2.16. The van der Waals surface area contributed by atoms with E-state index in [-0.39, 0.29) is 12.4 Å². The number of rotatable bonds is 6. The zero-order valence-electron chi connectivity index (χ0n) is 10.2. The van der Waals surface area contributed by atoms with Crippen molar-refractivity contribution in [2.75, 3.05) is 5.33 Å². The number of ether oxygens (including phenoxy) is 1. The molecule has 98 valence electrons. The van der Waals surface area contributed by atoms with Gasteiger partial charge in [0.15, 0.2) is 5.78 Å². The molecule has 4 nitrogen and oxygen atoms in total. The number of ketones is 1. The van der Waals surface area contributed by atoms with Gasteiger partial charge in [0.05, 0.1) is 6.04 Å². The fourth-order valence-corrected chi connectivity index (χ4v) is 1.85. The average molecular weight is 314 g/mol. The Kier molecular flexibility index (Phi) is 6.43. The van der Waals surface area contributed by atoms with Gasteiger partial charge in [-0.15, -0.1) is 0 Å². The zero-order valence-corrected chi connectivity index (χ0v) is 11.8. The third-order valence-corrected chi connectivity index (χ3v) is 2.85. The molecule has 1 aromatic carbocycles. The van der Waals surface area contributed by atoms with Crippen molar-refractivity contribution in [1.82, 2.24) is 5.32 Å². The second-order valence-electron chi connectivity index (χ2n) is 3.85. The van der Waals surface area contributed by atoms with Gasteiger partial charge in [0, 0.05) is 5.33 Å². The molecule has 0 bridgehead atoms. The van der Waals surface area contributed by atoms with Crippen molar-refractivity contribution in [3.8, 4) is 0 Å². The van der Waals surface area contributed by atoms with Gasteiger partial charge in [-0.1, -0.05) is 46.3 Å². The number of Topliss-reactive ketones (excluding diaryl/α,β-unsaturated/α-hetero) is 1. The molecular formula is C13H16BrNO3. The molecule has 0 heterocycles. The predicted molar refractivity (Wildman–Crippen MR) is 72.6 cm³/mol. The molecule has 0 saturated heterocycles. The molecule has 5 heteroatoms. The molecule has 1 aromatic rings. The van der Waals surface area contributed by atoms with Crippen LogP contribution in [0.15, 0.2) is 30.3 Å². The zero-order chi connectivity index (χ0) is 13.4. The number of carbonyl (C=O) groups is 2. The van der Waals surface area contributed by atoms with Gasteiger partial charge in [-0.25, -0.2) is 4.79 Å². The maximum atomic E-state index is 11.5. The minimum Gasteiger partial charge on any atom is -0.445 e. The van der Waals surface area contributed by atoms with E-state index in [1.165, 1.54) is 6.92 Å². The van der Waals surface area contributed by atoms with E-state index in [2.05, 4.69) is 21.2 Å². The summed E-state index contributed by atoms with van der Waals surface area (Å²) in [6.07, 6.45) is -0.0181. The van der Waals surface area contributed by atoms with Crippen LogP contribution in [0.4, 0.5) is 4.79 Å². The minimum absolute atomic E-state index is 0.0777. The maximum Gasteiger partial charge on any atom is 0.408 e. The number of benzene rings is 1. The molecule has 18 heavy (non-hydrogen) atoms. The second kappa shape index (κ2) is 7.87. The van der Waals surface area contributed by atoms with Gasteiger partial charge in [0.2, 0.25) is 0 Å². The molecule has 0 aromatic heterocycles. The number of alkyl halides is 1. The van der Waals surface area contributed by atoms with Gasteiger partial charge in [0.25, 0.3) is 0 Å². The number of hydrogen-bond acceptors (Lipinski definition) is 3. The van der Waals surface area contributed by atoms with Crippen LogP contribution in [0.5, 0.6) is 0 Å². The van der Waals surface area contributed by atoms with Crippen molar-refractivity contribution >= 4 is 27.8 Å². The van der Waals surface area contributed by atoms with Crippen LogP contribution in [0.25, 0.3) is 0 Å². The number of amides is 1. The molecule has 0 fully saturated rings. The van der Waals surface area contributed by atoms with Crippen LogP contribution in [-0.2, 0) is 16.1 Å². The van der Waals surface area contributed by atoms with Gasteiger partial charge in [-0.2, -0.15) is 0 Å². The molecular weight excluding hydrogens is 298 g/mol. The quantitative estimate of drug-likeness (QED) is 0.821. The molecule has 0 aliphatic rings. The van der Waals surface area contributed by atoms with Crippen LogP contribution >= 0.6 is 15.9 Å². The van der Waals surface area contributed by atoms with E-state index < -0.39 is 12.1 Å². The monoisotopic (exact) mass is 313 g/mol. The number of carbonyl (C=O) groups excluding carboxylic acids is 2. The second-order valence-corrected chi connectivity index (χ2v) is 4.64. The SMILES string of the molecule is CC(=O)[C@H](CCBr)NC(=O)OCc1ccccc1. The van der Waals surface area contributed by atoms with E-state index in [0.717, 1.165) is 5.56 Å². The largest absolute Gasteiger partial charge is 0.445 e. The van der Waals surface area contributed by atoms with E-state index in [4.69, 9.17) is 4.74 Å². The highest BCUT2D eigenvalue weighted by atomic mass is 79.9. The van der Waals surface area contributed by atoms with Gasteiger partial charge >= 0.3 is 6.09 Å². The van der Waals surface area contributed by atoms with Crippen molar-refractivity contribution in [2.24, 2.45) is 0 Å². The van der Waals surface area contributed by atoms with E-state index in [1.54, 1.807) is 0 Å². The lowest BCUT2D eigenvalue weighted by molar-refractivity contribution is -0.118. The smallest absolute Gasteiger partial charge is 0.408 e. The lowest BCUT2D eigenvalue weighted by Gasteiger charge is -2.14. The Morgan fingerprint density at radius 1 is 1.33 bits per heavy atom. The Bertz CT molecular complexity index is 394. The van der Waals surface area contributed by atoms with Gasteiger partial charge in [-0.05, 0) is 18.9 Å². The molecule has 0 unspecified atom stereocenters. The predicted octanol–water partition coefficient (Wildman–Crippen LogP) is 2.66. The van der Waals surface area contributed by atoms with Crippen LogP contribution in [0.2, 0.25) is 0 Å². The summed E-state index contributed by atoms with van der Waals surface area (Å²) in [6, 6.07) is 8.89. The van der Waals surface area contributed by atoms with Crippen LogP contribution in [0, 0.1) is 0 Å². The van der Waals surface area contributed by atoms with Crippen LogP contribution in [0.3, 0.4) is 0 Å². The number of nitrogens with one attached hydrogen (secondary N) is 1. The van der Waals surface area contributed by atoms with Crippen LogP contribution in [-0.4, -0.2) is 23.2 Å². The molecule has 1 N–H and O–H groups in total. The van der Waals surface area contributed by atoms with Crippen molar-refractivity contribution in [1.29, 1.82) is 0 Å². The minimum atomic E-state index is -0.569. The molecule has 0 aliphatic carbocycles. The van der Waals surface area contributed by atoms with Gasteiger partial charge in [0.1, 0.15) is 6.61 Å². The van der Waals surface area contributed by atoms with E-state index >= 15 is 0 Å². The summed E-state index contributed by atoms with van der Waals surface area (Å²) < 4.78 is 5.04. The highest BCUT2D eigenvalue weighted by Crippen LogP contribution is 2.02. The van der Waals surface area contributed by atoms with E-state index in [9.17, 15) is 9.59 Å². The number of halogens is 1. The molecule has 1 atom stereocenters. The van der Waals surface area contributed by atoms with Crippen LogP contribution < -0.4 is 5.32 Å². The van der Waals surface area contributed by atoms with E-state index in [1.807, 2.05) is 30.3 Å². The first-order valence-electron chi connectivity index (χ1n) is 5.67. The average Bonchev–Trinajstić information content (AvgIpc) is 2.37. The maximum absolute atomic E-state index is 11.5. The molecule has 0 saturated carbocycles. The summed E-state index contributed by atoms with van der Waals surface area (Å²) >= 11 is 3.24. The molecule has 0 spiro atoms. The molecule has 1 amide bonds. The molecule has 0 radical (unpaired) electrons. The first-order chi connectivity index (χ1) is 8.63. The first kappa shape index (κ1) is 14.7. The number of alkyl carbamates (subject to hydrolysis) is 1. The Morgan fingerprint density at radius 2 is 2.00 bits per heavy atom. The molecule has 1 rings (SSSR count). The van der Waals surface area contributed by atoms with Gasteiger partial charge in [-0.3, -0.25) is 4.79 Å². The van der Waals surface area contributed by atoms with Crippen molar-refractivity contribution < 1.29 is 14.3 Å².